The quantitative estimate of drug-likeness (QED) is 0.589. The summed E-state index contributed by atoms with van der Waals surface area (Å²) < 4.78 is 2.64. The minimum Gasteiger partial charge on any atom is -0.320 e. The van der Waals surface area contributed by atoms with Crippen molar-refractivity contribution in [3.05, 3.63) is 64.5 Å². The van der Waals surface area contributed by atoms with Gasteiger partial charge < -0.3 is 5.73 Å². The molecule has 0 saturated carbocycles. The standard InChI is InChI=1S/C16H12N2S2/c17-16(15-9-14-13(20-15)5-7-19-14)11-3-4-12-10(8-11)2-1-6-18-12/h1-9,16H,17H2. The molecule has 4 heteroatoms. The lowest BCUT2D eigenvalue weighted by Gasteiger charge is -2.10. The molecule has 0 bridgehead atoms. The van der Waals surface area contributed by atoms with E-state index in [0.717, 1.165) is 16.5 Å². The van der Waals surface area contributed by atoms with Crippen molar-refractivity contribution in [1.29, 1.82) is 0 Å². The largest absolute Gasteiger partial charge is 0.320 e. The van der Waals surface area contributed by atoms with Crippen LogP contribution in [0.15, 0.2) is 54.0 Å². The molecule has 4 aromatic rings. The molecule has 0 saturated heterocycles. The highest BCUT2D eigenvalue weighted by atomic mass is 32.1. The van der Waals surface area contributed by atoms with Crippen LogP contribution < -0.4 is 5.73 Å². The van der Waals surface area contributed by atoms with Crippen molar-refractivity contribution in [2.75, 3.05) is 0 Å². The third-order valence-electron chi connectivity index (χ3n) is 3.45. The van der Waals surface area contributed by atoms with Gasteiger partial charge in [0.15, 0.2) is 0 Å². The lowest BCUT2D eigenvalue weighted by Crippen LogP contribution is -2.09. The van der Waals surface area contributed by atoms with Crippen molar-refractivity contribution in [2.45, 2.75) is 6.04 Å². The van der Waals surface area contributed by atoms with Gasteiger partial charge in [0.05, 0.1) is 11.6 Å². The van der Waals surface area contributed by atoms with Crippen molar-refractivity contribution in [2.24, 2.45) is 5.73 Å². The number of benzene rings is 1. The Morgan fingerprint density at radius 3 is 2.90 bits per heavy atom. The Morgan fingerprint density at radius 1 is 1.05 bits per heavy atom. The van der Waals surface area contributed by atoms with Gasteiger partial charge in [0.1, 0.15) is 0 Å². The van der Waals surface area contributed by atoms with Crippen LogP contribution in [0.2, 0.25) is 0 Å². The van der Waals surface area contributed by atoms with Crippen molar-refractivity contribution in [3.8, 4) is 0 Å². The lowest BCUT2D eigenvalue weighted by molar-refractivity contribution is 0.896. The van der Waals surface area contributed by atoms with Crippen molar-refractivity contribution in [3.63, 3.8) is 0 Å². The molecule has 1 atom stereocenters. The van der Waals surface area contributed by atoms with Gasteiger partial charge in [-0.3, -0.25) is 4.98 Å². The molecule has 0 spiro atoms. The number of hydrogen-bond acceptors (Lipinski definition) is 4. The molecule has 0 aliphatic heterocycles. The van der Waals surface area contributed by atoms with Gasteiger partial charge in [-0.05, 0) is 41.3 Å². The van der Waals surface area contributed by atoms with Gasteiger partial charge >= 0.3 is 0 Å². The molecule has 98 valence electrons. The Kier molecular flexibility index (Phi) is 2.80. The number of aromatic nitrogens is 1. The molecule has 2 nitrogen and oxygen atoms in total. The normalized spacial score (nSPS) is 13.1. The minimum absolute atomic E-state index is 0.0655. The lowest BCUT2D eigenvalue weighted by atomic mass is 10.0. The fourth-order valence-corrected chi connectivity index (χ4v) is 4.54. The zero-order valence-electron chi connectivity index (χ0n) is 10.6. The van der Waals surface area contributed by atoms with Gasteiger partial charge in [-0.2, -0.15) is 0 Å². The highest BCUT2D eigenvalue weighted by molar-refractivity contribution is 7.27. The molecule has 0 aliphatic carbocycles. The zero-order chi connectivity index (χ0) is 13.5. The summed E-state index contributed by atoms with van der Waals surface area (Å²) in [6.45, 7) is 0. The molecular formula is C16H12N2S2. The first kappa shape index (κ1) is 12.0. The summed E-state index contributed by atoms with van der Waals surface area (Å²) in [6.07, 6.45) is 1.81. The monoisotopic (exact) mass is 296 g/mol. The van der Waals surface area contributed by atoms with Crippen LogP contribution in [0.1, 0.15) is 16.5 Å². The third kappa shape index (κ3) is 1.93. The highest BCUT2D eigenvalue weighted by Crippen LogP contribution is 2.35. The molecule has 0 amide bonds. The maximum atomic E-state index is 6.43. The van der Waals surface area contributed by atoms with E-state index in [9.17, 15) is 0 Å². The minimum atomic E-state index is -0.0655. The Balaban J connectivity index is 1.79. The van der Waals surface area contributed by atoms with Gasteiger partial charge in [-0.25, -0.2) is 0 Å². The second-order valence-electron chi connectivity index (χ2n) is 4.73. The maximum absolute atomic E-state index is 6.43. The molecule has 20 heavy (non-hydrogen) atoms. The molecule has 3 aromatic heterocycles. The molecule has 0 fully saturated rings. The van der Waals surface area contributed by atoms with E-state index in [2.05, 4.69) is 40.7 Å². The van der Waals surface area contributed by atoms with Crippen LogP contribution in [0.25, 0.3) is 20.3 Å². The van der Waals surface area contributed by atoms with E-state index in [4.69, 9.17) is 5.73 Å². The van der Waals surface area contributed by atoms with Crippen molar-refractivity contribution in [1.82, 2.24) is 4.98 Å². The first-order valence-electron chi connectivity index (χ1n) is 6.38. The summed E-state index contributed by atoms with van der Waals surface area (Å²) in [5, 5.41) is 3.26. The molecular weight excluding hydrogens is 284 g/mol. The highest BCUT2D eigenvalue weighted by Gasteiger charge is 2.13. The van der Waals surface area contributed by atoms with Gasteiger partial charge in [0.2, 0.25) is 0 Å². The van der Waals surface area contributed by atoms with Crippen LogP contribution in [0.3, 0.4) is 0 Å². The summed E-state index contributed by atoms with van der Waals surface area (Å²) in [7, 11) is 0. The van der Waals surface area contributed by atoms with Crippen LogP contribution in [0.4, 0.5) is 0 Å². The number of hydrogen-bond donors (Lipinski definition) is 1. The number of pyridine rings is 1. The SMILES string of the molecule is NC(c1ccc2ncccc2c1)c1cc2sccc2s1. The van der Waals surface area contributed by atoms with Gasteiger partial charge in [-0.15, -0.1) is 22.7 Å². The molecule has 0 aliphatic rings. The Bertz CT molecular complexity index is 863. The van der Waals surface area contributed by atoms with Crippen LogP contribution in [-0.4, -0.2) is 4.98 Å². The average Bonchev–Trinajstić information content (AvgIpc) is 3.07. The molecule has 0 radical (unpaired) electrons. The number of thiophene rings is 2. The van der Waals surface area contributed by atoms with Gasteiger partial charge in [-0.1, -0.05) is 12.1 Å². The van der Waals surface area contributed by atoms with Crippen molar-refractivity contribution >= 4 is 43.0 Å². The van der Waals surface area contributed by atoms with Crippen molar-refractivity contribution < 1.29 is 0 Å². The smallest absolute Gasteiger partial charge is 0.0702 e. The maximum Gasteiger partial charge on any atom is 0.0702 e. The van der Waals surface area contributed by atoms with E-state index >= 15 is 0 Å². The van der Waals surface area contributed by atoms with Gasteiger partial charge in [0, 0.05) is 25.9 Å². The molecule has 2 N–H and O–H groups in total. The second-order valence-corrected chi connectivity index (χ2v) is 6.79. The van der Waals surface area contributed by atoms with E-state index in [1.165, 1.54) is 14.3 Å². The number of nitrogens with two attached hydrogens (primary N) is 1. The topological polar surface area (TPSA) is 38.9 Å². The summed E-state index contributed by atoms with van der Waals surface area (Å²) in [4.78, 5) is 5.56. The molecule has 4 rings (SSSR count). The predicted octanol–water partition coefficient (Wildman–Crippen LogP) is 4.56. The molecule has 1 aromatic carbocycles. The summed E-state index contributed by atoms with van der Waals surface area (Å²) >= 11 is 3.55. The summed E-state index contributed by atoms with van der Waals surface area (Å²) in [5.41, 5.74) is 8.57. The Morgan fingerprint density at radius 2 is 2.00 bits per heavy atom. The van der Waals surface area contributed by atoms with Crippen LogP contribution in [0.5, 0.6) is 0 Å². The van der Waals surface area contributed by atoms with E-state index in [0.29, 0.717) is 0 Å². The first-order chi connectivity index (χ1) is 9.81. The van der Waals surface area contributed by atoms with Crippen LogP contribution in [-0.2, 0) is 0 Å². The summed E-state index contributed by atoms with van der Waals surface area (Å²) in [5.74, 6) is 0. The Labute approximate surface area is 124 Å². The number of nitrogens with zero attached hydrogens (tertiary/aromatic N) is 1. The molecule has 3 heterocycles. The molecule has 1 unspecified atom stereocenters. The fraction of sp³-hybridized carbons (Fsp3) is 0.0625. The predicted molar refractivity (Wildman–Crippen MR) is 87.5 cm³/mol. The van der Waals surface area contributed by atoms with E-state index in [-0.39, 0.29) is 6.04 Å². The summed E-state index contributed by atoms with van der Waals surface area (Å²) in [6, 6.07) is 14.6. The third-order valence-corrected chi connectivity index (χ3v) is 5.63. The van der Waals surface area contributed by atoms with E-state index in [1.807, 2.05) is 18.3 Å². The van der Waals surface area contributed by atoms with Gasteiger partial charge in [0.25, 0.3) is 0 Å². The van der Waals surface area contributed by atoms with E-state index in [1.54, 1.807) is 22.7 Å². The fourth-order valence-electron chi connectivity index (χ4n) is 2.39. The zero-order valence-corrected chi connectivity index (χ0v) is 12.2. The van der Waals surface area contributed by atoms with E-state index < -0.39 is 0 Å². The van der Waals surface area contributed by atoms with Crippen LogP contribution in [0, 0.1) is 0 Å². The average molecular weight is 296 g/mol. The van der Waals surface area contributed by atoms with Crippen LogP contribution >= 0.6 is 22.7 Å². The first-order valence-corrected chi connectivity index (χ1v) is 8.08. The number of rotatable bonds is 2. The Hall–Kier alpha value is -1.75. The second kappa shape index (κ2) is 4.66. The number of fused-ring (bicyclic) bond motifs is 2.